The summed E-state index contributed by atoms with van der Waals surface area (Å²) in [5, 5.41) is 10.4. The van der Waals surface area contributed by atoms with Crippen LogP contribution in [0.25, 0.3) is 0 Å². The fourth-order valence-electron chi connectivity index (χ4n) is 10.8. The van der Waals surface area contributed by atoms with E-state index in [0.29, 0.717) is 40.9 Å². The number of halogens is 1. The number of hydrogen-bond acceptors (Lipinski definition) is 2. The molecule has 0 amide bonds. The Hall–Kier alpha value is -1.43. The van der Waals surface area contributed by atoms with Crippen LogP contribution in [0.1, 0.15) is 97.1 Å². The van der Waals surface area contributed by atoms with Crippen LogP contribution in [-0.2, 0) is 11.3 Å². The second-order valence-corrected chi connectivity index (χ2v) is 15.0. The summed E-state index contributed by atoms with van der Waals surface area (Å²) in [7, 11) is 0. The largest absolute Gasteiger partial charge is 1.00 e. The Bertz CT molecular complexity index is 1240. The standard InChI is InChI=1S/C36H51N2O2.BrH/c1-24(38-19-18-37(23-38)22-26-8-6-5-7-9-26)10-13-32-25(2)34-33(40-32)21-31-29-12-11-27-20-28(39)14-16-35(27,3)30(29)15-17-36(31,34)4;/h5-9,11,18-19,23-25,28-34,39H,10,12-17,20-22H2,1-4H3;1H/q+1;/p-1/t24-,25-,28?,29-,30+,31+,32-,33?,34?,35+,36+;/m1./s1. The third-order valence-corrected chi connectivity index (χ3v) is 13.0. The molecule has 224 valence electrons. The van der Waals surface area contributed by atoms with E-state index in [4.69, 9.17) is 4.74 Å². The summed E-state index contributed by atoms with van der Waals surface area (Å²) in [4.78, 5) is 0. The smallest absolute Gasteiger partial charge is 0.244 e. The molecule has 1 saturated heterocycles. The van der Waals surface area contributed by atoms with E-state index >= 15 is 0 Å². The first-order valence-electron chi connectivity index (χ1n) is 16.4. The highest BCUT2D eigenvalue weighted by Crippen LogP contribution is 2.69. The number of aliphatic hydroxyl groups excluding tert-OH is 1. The SMILES string of the molecule is C[C@H](CC[C@H]1OC2C[C@H]3[C@@H]4CC=C5CC(O)CC[C@]5(C)[C@H]4CC[C@]3(C)C2[C@@H]1C)n1cc[n+](Cc2ccccc2)c1.[Br-]. The zero-order valence-corrected chi connectivity index (χ0v) is 27.2. The van der Waals surface area contributed by atoms with Gasteiger partial charge in [-0.05, 0) is 111 Å². The quantitative estimate of drug-likeness (QED) is 0.389. The molecule has 0 spiro atoms. The second-order valence-electron chi connectivity index (χ2n) is 15.0. The van der Waals surface area contributed by atoms with Crippen LogP contribution in [0.15, 0.2) is 60.7 Å². The summed E-state index contributed by atoms with van der Waals surface area (Å²) < 4.78 is 11.7. The molecular formula is C36H51BrN2O2. The van der Waals surface area contributed by atoms with Crippen molar-refractivity contribution in [2.45, 2.75) is 116 Å². The molecule has 1 N–H and O–H groups in total. The van der Waals surface area contributed by atoms with Crippen molar-refractivity contribution in [3.63, 3.8) is 0 Å². The highest BCUT2D eigenvalue weighted by atomic mass is 79.9. The van der Waals surface area contributed by atoms with E-state index < -0.39 is 0 Å². The van der Waals surface area contributed by atoms with Crippen molar-refractivity contribution in [2.24, 2.45) is 40.4 Å². The van der Waals surface area contributed by atoms with Gasteiger partial charge in [0.1, 0.15) is 18.9 Å². The number of hydrogen-bond donors (Lipinski definition) is 1. The van der Waals surface area contributed by atoms with E-state index in [-0.39, 0.29) is 23.1 Å². The lowest BCUT2D eigenvalue weighted by Gasteiger charge is -2.58. The Balaban J connectivity index is 0.00000302. The molecule has 0 radical (unpaired) electrons. The molecule has 41 heavy (non-hydrogen) atoms. The van der Waals surface area contributed by atoms with Gasteiger partial charge in [-0.2, -0.15) is 0 Å². The summed E-state index contributed by atoms with van der Waals surface area (Å²) in [6.07, 6.45) is 20.7. The van der Waals surface area contributed by atoms with E-state index in [1.54, 1.807) is 5.57 Å². The predicted octanol–water partition coefficient (Wildman–Crippen LogP) is 4.12. The zero-order chi connectivity index (χ0) is 27.6. The summed E-state index contributed by atoms with van der Waals surface area (Å²) in [5.41, 5.74) is 3.67. The fourth-order valence-corrected chi connectivity index (χ4v) is 10.8. The number of aliphatic hydroxyl groups is 1. The number of ether oxygens (including phenoxy) is 1. The molecule has 1 aromatic carbocycles. The molecule has 4 fully saturated rings. The molecule has 4 aliphatic carbocycles. The monoisotopic (exact) mass is 622 g/mol. The molecular weight excluding hydrogens is 572 g/mol. The van der Waals surface area contributed by atoms with E-state index in [9.17, 15) is 5.11 Å². The number of aromatic nitrogens is 2. The lowest BCUT2D eigenvalue weighted by atomic mass is 9.47. The van der Waals surface area contributed by atoms with Gasteiger partial charge in [0.05, 0.1) is 24.4 Å². The summed E-state index contributed by atoms with van der Waals surface area (Å²) >= 11 is 0. The van der Waals surface area contributed by atoms with E-state index in [2.05, 4.69) is 92.0 Å². The van der Waals surface area contributed by atoms with Crippen molar-refractivity contribution in [3.05, 3.63) is 66.3 Å². The minimum atomic E-state index is -0.114. The maximum atomic E-state index is 10.4. The van der Waals surface area contributed by atoms with Crippen molar-refractivity contribution < 1.29 is 31.4 Å². The Morgan fingerprint density at radius 2 is 1.93 bits per heavy atom. The first kappa shape index (κ1) is 29.6. The van der Waals surface area contributed by atoms with Crippen molar-refractivity contribution in [3.8, 4) is 0 Å². The third-order valence-electron chi connectivity index (χ3n) is 13.0. The number of benzene rings is 1. The van der Waals surface area contributed by atoms with Crippen molar-refractivity contribution >= 4 is 0 Å². The molecule has 5 heteroatoms. The first-order chi connectivity index (χ1) is 19.3. The van der Waals surface area contributed by atoms with Crippen molar-refractivity contribution in [1.82, 2.24) is 4.57 Å². The summed E-state index contributed by atoms with van der Waals surface area (Å²) in [5.74, 6) is 3.76. The molecule has 2 aromatic rings. The lowest BCUT2D eigenvalue weighted by molar-refractivity contribution is -0.688. The average molecular weight is 624 g/mol. The normalized spacial score (nSPS) is 41.8. The maximum Gasteiger partial charge on any atom is 0.244 e. The van der Waals surface area contributed by atoms with Gasteiger partial charge in [0.15, 0.2) is 0 Å². The van der Waals surface area contributed by atoms with Crippen LogP contribution in [0.3, 0.4) is 0 Å². The van der Waals surface area contributed by atoms with Gasteiger partial charge in [-0.1, -0.05) is 62.8 Å². The fraction of sp³-hybridized carbons (Fsp3) is 0.694. The number of imidazole rings is 1. The minimum absolute atomic E-state index is 0. The molecule has 4 nitrogen and oxygen atoms in total. The molecule has 11 atom stereocenters. The van der Waals surface area contributed by atoms with Gasteiger partial charge in [-0.15, -0.1) is 0 Å². The maximum absolute atomic E-state index is 10.4. The summed E-state index contributed by atoms with van der Waals surface area (Å²) in [6.45, 7) is 11.0. The Morgan fingerprint density at radius 1 is 1.12 bits per heavy atom. The minimum Gasteiger partial charge on any atom is -1.00 e. The number of fused-ring (bicyclic) bond motifs is 7. The van der Waals surface area contributed by atoms with Crippen LogP contribution in [-0.4, -0.2) is 28.0 Å². The molecule has 3 unspecified atom stereocenters. The Morgan fingerprint density at radius 3 is 2.73 bits per heavy atom. The van der Waals surface area contributed by atoms with Gasteiger partial charge in [0, 0.05) is 0 Å². The first-order valence-corrected chi connectivity index (χ1v) is 16.4. The highest BCUT2D eigenvalue weighted by molar-refractivity contribution is 5.26. The zero-order valence-electron chi connectivity index (χ0n) is 25.6. The molecule has 2 heterocycles. The van der Waals surface area contributed by atoms with Crippen LogP contribution in [0.2, 0.25) is 0 Å². The van der Waals surface area contributed by atoms with E-state index in [1.165, 1.54) is 37.7 Å². The predicted molar refractivity (Wildman–Crippen MR) is 159 cm³/mol. The van der Waals surface area contributed by atoms with Crippen LogP contribution in [0, 0.1) is 40.4 Å². The number of rotatable bonds is 6. The lowest BCUT2D eigenvalue weighted by Crippen LogP contribution is -3.00. The molecule has 3 saturated carbocycles. The summed E-state index contributed by atoms with van der Waals surface area (Å²) in [6, 6.07) is 11.2. The molecule has 1 aliphatic heterocycles. The van der Waals surface area contributed by atoms with Gasteiger partial charge in [0.25, 0.3) is 0 Å². The third kappa shape index (κ3) is 5.00. The number of allylic oxidation sites excluding steroid dienone is 1. The second kappa shape index (κ2) is 11.2. The van der Waals surface area contributed by atoms with Crippen LogP contribution >= 0.6 is 0 Å². The molecule has 5 aliphatic rings. The molecule has 1 aromatic heterocycles. The molecule has 7 rings (SSSR count). The van der Waals surface area contributed by atoms with Gasteiger partial charge in [-0.25, -0.2) is 9.13 Å². The average Bonchev–Trinajstić information content (AvgIpc) is 3.62. The van der Waals surface area contributed by atoms with Gasteiger partial charge >= 0.3 is 0 Å². The highest BCUT2D eigenvalue weighted by Gasteiger charge is 2.64. The van der Waals surface area contributed by atoms with Gasteiger partial charge in [-0.3, -0.25) is 0 Å². The van der Waals surface area contributed by atoms with Crippen molar-refractivity contribution in [2.75, 3.05) is 0 Å². The molecule has 0 bridgehead atoms. The van der Waals surface area contributed by atoms with Crippen LogP contribution in [0.4, 0.5) is 0 Å². The van der Waals surface area contributed by atoms with Gasteiger partial charge in [0.2, 0.25) is 6.33 Å². The van der Waals surface area contributed by atoms with Crippen LogP contribution in [0.5, 0.6) is 0 Å². The van der Waals surface area contributed by atoms with E-state index in [0.717, 1.165) is 50.0 Å². The van der Waals surface area contributed by atoms with E-state index in [1.807, 2.05) is 0 Å². The van der Waals surface area contributed by atoms with Crippen molar-refractivity contribution in [1.29, 1.82) is 0 Å². The Labute approximate surface area is 258 Å². The number of nitrogens with zero attached hydrogens (tertiary/aromatic N) is 2. The van der Waals surface area contributed by atoms with Gasteiger partial charge < -0.3 is 26.8 Å². The van der Waals surface area contributed by atoms with Crippen LogP contribution < -0.4 is 21.5 Å². The Kier molecular flexibility index (Phi) is 8.13. The topological polar surface area (TPSA) is 38.3 Å².